The van der Waals surface area contributed by atoms with Gasteiger partial charge in [-0.25, -0.2) is 0 Å². The van der Waals surface area contributed by atoms with Gasteiger partial charge in [-0.2, -0.15) is 0 Å². The Hall–Kier alpha value is -0.0900. The average Bonchev–Trinajstić information content (AvgIpc) is 2.68. The topological polar surface area (TPSA) is 46.5 Å². The van der Waals surface area contributed by atoms with Gasteiger partial charge >= 0.3 is 5.97 Å². The number of aliphatic hydroxyl groups excluding tert-OH is 1. The molecule has 3 rings (SSSR count). The van der Waals surface area contributed by atoms with E-state index in [2.05, 4.69) is 15.9 Å². The van der Waals surface area contributed by atoms with Crippen LogP contribution in [-0.2, 0) is 9.53 Å². The summed E-state index contributed by atoms with van der Waals surface area (Å²) in [6, 6.07) is 0. The smallest absolute Gasteiger partial charge is 0.310 e. The number of halogens is 1. The van der Waals surface area contributed by atoms with Crippen molar-refractivity contribution >= 4 is 21.9 Å². The first-order valence-corrected chi connectivity index (χ1v) is 5.61. The second-order valence-electron chi connectivity index (χ2n) is 4.28. The van der Waals surface area contributed by atoms with Crippen molar-refractivity contribution < 1.29 is 14.6 Å². The number of alkyl halides is 1. The highest BCUT2D eigenvalue weighted by molar-refractivity contribution is 9.09. The van der Waals surface area contributed by atoms with Gasteiger partial charge in [-0.05, 0) is 18.3 Å². The molecular formula is C9H11BrO3. The van der Waals surface area contributed by atoms with Crippen molar-refractivity contribution in [3.05, 3.63) is 0 Å². The molecule has 0 amide bonds. The van der Waals surface area contributed by atoms with Crippen LogP contribution in [-0.4, -0.2) is 28.6 Å². The number of hydrogen-bond donors (Lipinski definition) is 1. The SMILES string of the molecule is O=C1O[C@H]2[C@H](Br)[C@H]3C[C@H]2[C@@H]1[C@H]3CO. The zero-order chi connectivity index (χ0) is 9.16. The van der Waals surface area contributed by atoms with Crippen LogP contribution in [0.4, 0.5) is 0 Å². The monoisotopic (exact) mass is 246 g/mol. The number of aliphatic hydroxyl groups is 1. The molecule has 0 radical (unpaired) electrons. The maximum atomic E-state index is 11.5. The summed E-state index contributed by atoms with van der Waals surface area (Å²) in [6.07, 6.45) is 1.13. The molecular weight excluding hydrogens is 236 g/mol. The minimum atomic E-state index is -0.0847. The third kappa shape index (κ3) is 0.814. The molecule has 4 heteroatoms. The summed E-state index contributed by atoms with van der Waals surface area (Å²) < 4.78 is 5.29. The van der Waals surface area contributed by atoms with Gasteiger partial charge in [-0.15, -0.1) is 0 Å². The van der Waals surface area contributed by atoms with Crippen LogP contribution in [0.2, 0.25) is 0 Å². The van der Waals surface area contributed by atoms with Crippen LogP contribution in [0.25, 0.3) is 0 Å². The molecule has 1 aliphatic heterocycles. The molecule has 72 valence electrons. The molecule has 2 aliphatic carbocycles. The van der Waals surface area contributed by atoms with E-state index in [1.54, 1.807) is 0 Å². The number of ether oxygens (including phenoxy) is 1. The highest BCUT2D eigenvalue weighted by Crippen LogP contribution is 2.59. The second kappa shape index (κ2) is 2.48. The zero-order valence-electron chi connectivity index (χ0n) is 7.02. The normalized spacial score (nSPS) is 57.2. The standard InChI is InChI=1S/C9H11BrO3/c10-7-3-1-4-6(5(3)2-11)9(12)13-8(4)7/h3-8,11H,1-2H2/t3-,4-,5-,6+,7+,8+/m0/s1. The molecule has 1 N–H and O–H groups in total. The van der Waals surface area contributed by atoms with Crippen LogP contribution >= 0.6 is 15.9 Å². The number of fused-ring (bicyclic) bond motifs is 1. The molecule has 1 heterocycles. The third-order valence-electron chi connectivity index (χ3n) is 3.90. The summed E-state index contributed by atoms with van der Waals surface area (Å²) in [5.74, 6) is 0.864. The lowest BCUT2D eigenvalue weighted by atomic mass is 9.80. The second-order valence-corrected chi connectivity index (χ2v) is 5.34. The van der Waals surface area contributed by atoms with Gasteiger partial charge in [-0.1, -0.05) is 15.9 Å². The van der Waals surface area contributed by atoms with Crippen LogP contribution in [0.3, 0.4) is 0 Å². The molecule has 0 aromatic carbocycles. The first kappa shape index (κ1) is 8.24. The van der Waals surface area contributed by atoms with Crippen molar-refractivity contribution in [3.8, 4) is 0 Å². The van der Waals surface area contributed by atoms with Crippen molar-refractivity contribution in [2.24, 2.45) is 23.7 Å². The molecule has 3 fully saturated rings. The predicted molar refractivity (Wildman–Crippen MR) is 48.3 cm³/mol. The van der Waals surface area contributed by atoms with E-state index in [0.29, 0.717) is 11.8 Å². The molecule has 3 aliphatic rings. The van der Waals surface area contributed by atoms with E-state index in [0.717, 1.165) is 6.42 Å². The summed E-state index contributed by atoms with van der Waals surface area (Å²) in [5.41, 5.74) is 0. The van der Waals surface area contributed by atoms with Crippen molar-refractivity contribution in [3.63, 3.8) is 0 Å². The largest absolute Gasteiger partial charge is 0.461 e. The van der Waals surface area contributed by atoms with Gasteiger partial charge < -0.3 is 9.84 Å². The Bertz CT molecular complexity index is 268. The van der Waals surface area contributed by atoms with Gasteiger partial charge in [-0.3, -0.25) is 4.79 Å². The molecule has 3 nitrogen and oxygen atoms in total. The molecule has 1 saturated heterocycles. The van der Waals surface area contributed by atoms with Crippen LogP contribution < -0.4 is 0 Å². The van der Waals surface area contributed by atoms with Gasteiger partial charge in [0.25, 0.3) is 0 Å². The summed E-state index contributed by atoms with van der Waals surface area (Å²) >= 11 is 3.57. The van der Waals surface area contributed by atoms with Crippen molar-refractivity contribution in [2.75, 3.05) is 6.61 Å². The average molecular weight is 247 g/mol. The highest BCUT2D eigenvalue weighted by Gasteiger charge is 2.65. The molecule has 0 aromatic heterocycles. The van der Waals surface area contributed by atoms with E-state index < -0.39 is 0 Å². The quantitative estimate of drug-likeness (QED) is 0.543. The highest BCUT2D eigenvalue weighted by atomic mass is 79.9. The summed E-state index contributed by atoms with van der Waals surface area (Å²) in [5, 5.41) is 9.22. The number of hydrogen-bond acceptors (Lipinski definition) is 3. The summed E-state index contributed by atoms with van der Waals surface area (Å²) in [6.45, 7) is 0.121. The van der Waals surface area contributed by atoms with Crippen molar-refractivity contribution in [2.45, 2.75) is 17.4 Å². The minimum absolute atomic E-state index is 0.00574. The Labute approximate surface area is 84.6 Å². The van der Waals surface area contributed by atoms with E-state index >= 15 is 0 Å². The predicted octanol–water partition coefficient (Wildman–Crippen LogP) is 0.550. The number of carbonyl (C=O) groups excluding carboxylic acids is 1. The Balaban J connectivity index is 2.01. The van der Waals surface area contributed by atoms with E-state index in [9.17, 15) is 9.90 Å². The Morgan fingerprint density at radius 3 is 3.00 bits per heavy atom. The maximum Gasteiger partial charge on any atom is 0.310 e. The van der Waals surface area contributed by atoms with Crippen LogP contribution in [0.15, 0.2) is 0 Å². The van der Waals surface area contributed by atoms with Crippen LogP contribution in [0, 0.1) is 23.7 Å². The lowest BCUT2D eigenvalue weighted by Gasteiger charge is -2.26. The van der Waals surface area contributed by atoms with E-state index in [4.69, 9.17) is 4.74 Å². The minimum Gasteiger partial charge on any atom is -0.461 e. The van der Waals surface area contributed by atoms with E-state index in [-0.39, 0.29) is 35.3 Å². The van der Waals surface area contributed by atoms with E-state index in [1.807, 2.05) is 0 Å². The van der Waals surface area contributed by atoms with E-state index in [1.165, 1.54) is 0 Å². The number of carbonyl (C=O) groups is 1. The van der Waals surface area contributed by atoms with Gasteiger partial charge in [0.2, 0.25) is 0 Å². The summed E-state index contributed by atoms with van der Waals surface area (Å²) in [7, 11) is 0. The zero-order valence-corrected chi connectivity index (χ0v) is 8.61. The molecule has 6 atom stereocenters. The Morgan fingerprint density at radius 2 is 2.31 bits per heavy atom. The van der Waals surface area contributed by atoms with Gasteiger partial charge in [0.1, 0.15) is 6.10 Å². The molecule has 2 bridgehead atoms. The first-order chi connectivity index (χ1) is 6.24. The van der Waals surface area contributed by atoms with Crippen molar-refractivity contribution in [1.82, 2.24) is 0 Å². The number of esters is 1. The first-order valence-electron chi connectivity index (χ1n) is 4.69. The lowest BCUT2D eigenvalue weighted by molar-refractivity contribution is -0.144. The fraction of sp³-hybridized carbons (Fsp3) is 0.889. The molecule has 0 spiro atoms. The van der Waals surface area contributed by atoms with Gasteiger partial charge in [0.15, 0.2) is 0 Å². The maximum absolute atomic E-state index is 11.5. The molecule has 0 unspecified atom stereocenters. The van der Waals surface area contributed by atoms with Crippen LogP contribution in [0.1, 0.15) is 6.42 Å². The third-order valence-corrected chi connectivity index (χ3v) is 5.10. The fourth-order valence-corrected chi connectivity index (χ4v) is 4.48. The molecule has 13 heavy (non-hydrogen) atoms. The number of rotatable bonds is 1. The molecule has 2 saturated carbocycles. The fourth-order valence-electron chi connectivity index (χ4n) is 3.37. The van der Waals surface area contributed by atoms with Crippen molar-refractivity contribution in [1.29, 1.82) is 0 Å². The Morgan fingerprint density at radius 1 is 1.54 bits per heavy atom. The van der Waals surface area contributed by atoms with Crippen LogP contribution in [0.5, 0.6) is 0 Å². The lowest BCUT2D eigenvalue weighted by Crippen LogP contribution is -2.35. The summed E-state index contributed by atoms with van der Waals surface area (Å²) in [4.78, 5) is 11.7. The molecule has 0 aromatic rings. The van der Waals surface area contributed by atoms with Gasteiger partial charge in [0.05, 0.1) is 10.7 Å². The van der Waals surface area contributed by atoms with Gasteiger partial charge in [0, 0.05) is 12.5 Å². The Kier molecular flexibility index (Phi) is 1.57.